The lowest BCUT2D eigenvalue weighted by Gasteiger charge is -2.30. The second-order valence-corrected chi connectivity index (χ2v) is 11.1. The average molecular weight is 540 g/mol. The number of aromatic nitrogens is 4. The lowest BCUT2D eigenvalue weighted by molar-refractivity contribution is -0.149. The van der Waals surface area contributed by atoms with Crippen molar-refractivity contribution in [2.75, 3.05) is 26.3 Å². The molecule has 0 atom stereocenters. The molecule has 200 valence electrons. The van der Waals surface area contributed by atoms with Gasteiger partial charge in [0.25, 0.3) is 5.56 Å². The summed E-state index contributed by atoms with van der Waals surface area (Å²) in [6.07, 6.45) is 3.07. The van der Waals surface area contributed by atoms with Gasteiger partial charge in [0.2, 0.25) is 10.0 Å². The summed E-state index contributed by atoms with van der Waals surface area (Å²) >= 11 is 0. The Balaban J connectivity index is 1.52. The maximum absolute atomic E-state index is 13.6. The normalized spacial score (nSPS) is 15.2. The highest BCUT2D eigenvalue weighted by molar-refractivity contribution is 7.89. The standard InChI is InChI=1S/C26H29N5O6S/c1-3-11-37-23-6-5-17(38(34,35)31-9-7-16(8-10-31)26(33)36-4-2)12-19(23)24-29-20-14-22-21(27-15-28-22)13-18(20)25(32)30-24/h5-6,12-16H,3-4,7-11H2,1-2H3,(H,27,28)(H,29,30,32). The van der Waals surface area contributed by atoms with Crippen LogP contribution < -0.4 is 10.3 Å². The third-order valence-corrected chi connectivity index (χ3v) is 8.52. The Morgan fingerprint density at radius 3 is 2.66 bits per heavy atom. The minimum Gasteiger partial charge on any atom is -0.493 e. The van der Waals surface area contributed by atoms with Gasteiger partial charge in [-0.2, -0.15) is 4.31 Å². The molecule has 0 unspecified atom stereocenters. The van der Waals surface area contributed by atoms with Crippen molar-refractivity contribution in [1.82, 2.24) is 24.2 Å². The molecule has 4 aromatic rings. The summed E-state index contributed by atoms with van der Waals surface area (Å²) in [5, 5.41) is 0.384. The van der Waals surface area contributed by atoms with Gasteiger partial charge in [-0.3, -0.25) is 9.59 Å². The number of H-pyrrole nitrogens is 2. The van der Waals surface area contributed by atoms with Gasteiger partial charge in [0, 0.05) is 13.1 Å². The van der Waals surface area contributed by atoms with Crippen LogP contribution in [0, 0.1) is 5.92 Å². The summed E-state index contributed by atoms with van der Waals surface area (Å²) in [6.45, 7) is 4.83. The number of aromatic amines is 2. The van der Waals surface area contributed by atoms with E-state index in [1.54, 1.807) is 31.5 Å². The molecule has 1 fully saturated rings. The first-order chi connectivity index (χ1) is 18.3. The topological polar surface area (TPSA) is 147 Å². The van der Waals surface area contributed by atoms with Crippen LogP contribution in [0.4, 0.5) is 0 Å². The predicted molar refractivity (Wildman–Crippen MR) is 141 cm³/mol. The van der Waals surface area contributed by atoms with E-state index >= 15 is 0 Å². The zero-order chi connectivity index (χ0) is 26.9. The molecule has 0 amide bonds. The largest absolute Gasteiger partial charge is 0.493 e. The number of imidazole rings is 1. The number of esters is 1. The number of piperidine rings is 1. The number of carbonyl (C=O) groups excluding carboxylic acids is 1. The molecule has 0 radical (unpaired) electrons. The van der Waals surface area contributed by atoms with Gasteiger partial charge in [-0.05, 0) is 56.5 Å². The molecule has 5 rings (SSSR count). The molecule has 1 saturated heterocycles. The van der Waals surface area contributed by atoms with Crippen molar-refractivity contribution in [3.8, 4) is 17.1 Å². The number of hydrogen-bond acceptors (Lipinski definition) is 8. The summed E-state index contributed by atoms with van der Waals surface area (Å²) in [7, 11) is -3.87. The van der Waals surface area contributed by atoms with Gasteiger partial charge in [0.05, 0.1) is 57.9 Å². The number of nitrogens with zero attached hydrogens (tertiary/aromatic N) is 3. The Bertz CT molecular complexity index is 1650. The Morgan fingerprint density at radius 1 is 1.13 bits per heavy atom. The first kappa shape index (κ1) is 25.9. The molecule has 0 saturated carbocycles. The molecule has 2 aromatic carbocycles. The predicted octanol–water partition coefficient (Wildman–Crippen LogP) is 3.22. The molecule has 38 heavy (non-hydrogen) atoms. The monoisotopic (exact) mass is 539 g/mol. The van der Waals surface area contributed by atoms with E-state index in [0.29, 0.717) is 59.3 Å². The summed E-state index contributed by atoms with van der Waals surface area (Å²) < 4.78 is 39.5. The quantitative estimate of drug-likeness (QED) is 0.324. The lowest BCUT2D eigenvalue weighted by Crippen LogP contribution is -2.40. The average Bonchev–Trinajstić information content (AvgIpc) is 3.38. The van der Waals surface area contributed by atoms with E-state index in [1.165, 1.54) is 16.4 Å². The smallest absolute Gasteiger partial charge is 0.309 e. The Labute approximate surface area is 219 Å². The Morgan fingerprint density at radius 2 is 1.92 bits per heavy atom. The van der Waals surface area contributed by atoms with E-state index in [9.17, 15) is 18.0 Å². The van der Waals surface area contributed by atoms with Gasteiger partial charge >= 0.3 is 5.97 Å². The maximum Gasteiger partial charge on any atom is 0.309 e. The summed E-state index contributed by atoms with van der Waals surface area (Å²) in [6, 6.07) is 7.95. The molecule has 12 heteroatoms. The fourth-order valence-electron chi connectivity index (χ4n) is 4.63. The number of benzene rings is 2. The molecule has 1 aliphatic rings. The first-order valence-electron chi connectivity index (χ1n) is 12.6. The van der Waals surface area contributed by atoms with E-state index < -0.39 is 10.0 Å². The van der Waals surface area contributed by atoms with Gasteiger partial charge < -0.3 is 19.4 Å². The lowest BCUT2D eigenvalue weighted by atomic mass is 9.98. The molecule has 0 spiro atoms. The highest BCUT2D eigenvalue weighted by Crippen LogP contribution is 2.33. The van der Waals surface area contributed by atoms with Crippen LogP contribution in [-0.2, 0) is 19.6 Å². The van der Waals surface area contributed by atoms with E-state index in [0.717, 1.165) is 6.42 Å². The van der Waals surface area contributed by atoms with Crippen molar-refractivity contribution in [1.29, 1.82) is 0 Å². The molecular formula is C26H29N5O6S. The van der Waals surface area contributed by atoms with E-state index in [4.69, 9.17) is 9.47 Å². The number of nitrogens with one attached hydrogen (secondary N) is 2. The maximum atomic E-state index is 13.6. The minimum atomic E-state index is -3.87. The zero-order valence-corrected chi connectivity index (χ0v) is 22.0. The van der Waals surface area contributed by atoms with Crippen LogP contribution in [0.2, 0.25) is 0 Å². The van der Waals surface area contributed by atoms with Crippen molar-refractivity contribution < 1.29 is 22.7 Å². The van der Waals surface area contributed by atoms with Crippen LogP contribution in [0.5, 0.6) is 5.75 Å². The Hall–Kier alpha value is -3.77. The number of rotatable bonds is 8. The molecule has 11 nitrogen and oxygen atoms in total. The van der Waals surface area contributed by atoms with E-state index in [2.05, 4.69) is 19.9 Å². The second-order valence-electron chi connectivity index (χ2n) is 9.14. The van der Waals surface area contributed by atoms with Crippen molar-refractivity contribution >= 4 is 37.9 Å². The molecule has 2 aromatic heterocycles. The van der Waals surface area contributed by atoms with Crippen LogP contribution in [0.3, 0.4) is 0 Å². The van der Waals surface area contributed by atoms with Crippen molar-refractivity contribution in [2.24, 2.45) is 5.92 Å². The van der Waals surface area contributed by atoms with Crippen LogP contribution in [0.15, 0.2) is 46.3 Å². The summed E-state index contributed by atoms with van der Waals surface area (Å²) in [4.78, 5) is 39.8. The van der Waals surface area contributed by atoms with E-state index in [-0.39, 0.29) is 41.3 Å². The fraction of sp³-hybridized carbons (Fsp3) is 0.385. The molecule has 3 heterocycles. The number of fused-ring (bicyclic) bond motifs is 2. The number of ether oxygens (including phenoxy) is 2. The zero-order valence-electron chi connectivity index (χ0n) is 21.2. The molecular weight excluding hydrogens is 510 g/mol. The van der Waals surface area contributed by atoms with E-state index in [1.807, 2.05) is 6.92 Å². The van der Waals surface area contributed by atoms with Crippen molar-refractivity contribution in [2.45, 2.75) is 38.0 Å². The van der Waals surface area contributed by atoms with Crippen LogP contribution in [0.1, 0.15) is 33.1 Å². The highest BCUT2D eigenvalue weighted by Gasteiger charge is 2.33. The molecule has 0 bridgehead atoms. The molecule has 2 N–H and O–H groups in total. The minimum absolute atomic E-state index is 0.0523. The summed E-state index contributed by atoms with van der Waals surface area (Å²) in [5.74, 6) is 0.00840. The highest BCUT2D eigenvalue weighted by atomic mass is 32.2. The second kappa shape index (κ2) is 10.5. The van der Waals surface area contributed by atoms with Crippen LogP contribution in [-0.4, -0.2) is 64.9 Å². The Kier molecular flexibility index (Phi) is 7.17. The molecule has 0 aliphatic carbocycles. The van der Waals surface area contributed by atoms with Gasteiger partial charge in [-0.15, -0.1) is 0 Å². The fourth-order valence-corrected chi connectivity index (χ4v) is 6.13. The van der Waals surface area contributed by atoms with Gasteiger partial charge in [-0.25, -0.2) is 18.4 Å². The third kappa shape index (κ3) is 4.88. The van der Waals surface area contributed by atoms with Crippen LogP contribution in [0.25, 0.3) is 33.3 Å². The van der Waals surface area contributed by atoms with Crippen molar-refractivity contribution in [3.63, 3.8) is 0 Å². The van der Waals surface area contributed by atoms with Crippen LogP contribution >= 0.6 is 0 Å². The number of hydrogen-bond donors (Lipinski definition) is 2. The van der Waals surface area contributed by atoms with Gasteiger partial charge in [-0.1, -0.05) is 6.92 Å². The van der Waals surface area contributed by atoms with Crippen molar-refractivity contribution in [3.05, 3.63) is 47.0 Å². The van der Waals surface area contributed by atoms with Gasteiger partial charge in [0.15, 0.2) is 0 Å². The first-order valence-corrected chi connectivity index (χ1v) is 14.1. The SMILES string of the molecule is CCCOc1ccc(S(=O)(=O)N2CCC(C(=O)OCC)CC2)cc1-c1nc2cc3nc[nH]c3cc2c(=O)[nH]1. The third-order valence-electron chi connectivity index (χ3n) is 6.63. The van der Waals surface area contributed by atoms with Gasteiger partial charge in [0.1, 0.15) is 11.6 Å². The number of carbonyl (C=O) groups is 1. The molecule has 1 aliphatic heterocycles. The number of sulfonamides is 1. The summed E-state index contributed by atoms with van der Waals surface area (Å²) in [5.41, 5.74) is 1.80.